The normalized spacial score (nSPS) is 16.3. The molecule has 14 heavy (non-hydrogen) atoms. The molecule has 0 spiro atoms. The first-order valence-electron chi connectivity index (χ1n) is 5.12. The Morgan fingerprint density at radius 2 is 2.14 bits per heavy atom. The number of rotatable bonds is 2. The third kappa shape index (κ3) is 1.73. The molecule has 1 fully saturated rings. The van der Waals surface area contributed by atoms with Gasteiger partial charge in [0.1, 0.15) is 0 Å². The fourth-order valence-corrected chi connectivity index (χ4v) is 1.95. The molecule has 2 rings (SSSR count). The standard InChI is InChI=1S/C11H16N2O/c1-9-6-11(10(8-14)7-12-9)13-4-2-3-5-13/h6-7,14H,2-5,8H2,1H3. The molecule has 1 aliphatic rings. The topological polar surface area (TPSA) is 36.4 Å². The highest BCUT2D eigenvalue weighted by Gasteiger charge is 2.15. The summed E-state index contributed by atoms with van der Waals surface area (Å²) in [5, 5.41) is 9.20. The predicted octanol–water partition coefficient (Wildman–Crippen LogP) is 1.48. The Labute approximate surface area is 84.4 Å². The van der Waals surface area contributed by atoms with E-state index in [0.29, 0.717) is 0 Å². The van der Waals surface area contributed by atoms with Crippen LogP contribution in [0.3, 0.4) is 0 Å². The highest BCUT2D eigenvalue weighted by Crippen LogP contribution is 2.24. The predicted molar refractivity (Wildman–Crippen MR) is 56.3 cm³/mol. The number of aliphatic hydroxyl groups is 1. The van der Waals surface area contributed by atoms with Crippen LogP contribution in [-0.4, -0.2) is 23.2 Å². The van der Waals surface area contributed by atoms with Gasteiger partial charge in [0.15, 0.2) is 0 Å². The molecule has 0 aromatic carbocycles. The Bertz CT molecular complexity index is 319. The van der Waals surface area contributed by atoms with E-state index in [1.165, 1.54) is 12.8 Å². The summed E-state index contributed by atoms with van der Waals surface area (Å²) >= 11 is 0. The third-order valence-corrected chi connectivity index (χ3v) is 2.72. The number of hydrogen-bond acceptors (Lipinski definition) is 3. The number of aromatic nitrogens is 1. The van der Waals surface area contributed by atoms with Gasteiger partial charge in [-0.3, -0.25) is 4.98 Å². The van der Waals surface area contributed by atoms with Gasteiger partial charge in [-0.25, -0.2) is 0 Å². The van der Waals surface area contributed by atoms with Crippen LogP contribution in [0.15, 0.2) is 12.3 Å². The van der Waals surface area contributed by atoms with Crippen LogP contribution in [0.2, 0.25) is 0 Å². The molecule has 0 unspecified atom stereocenters. The molecule has 1 saturated heterocycles. The minimum Gasteiger partial charge on any atom is -0.392 e. The summed E-state index contributed by atoms with van der Waals surface area (Å²) in [6, 6.07) is 2.07. The van der Waals surface area contributed by atoms with Crippen molar-refractivity contribution < 1.29 is 5.11 Å². The maximum atomic E-state index is 9.20. The lowest BCUT2D eigenvalue weighted by Gasteiger charge is -2.20. The monoisotopic (exact) mass is 192 g/mol. The Kier molecular flexibility index (Phi) is 2.68. The van der Waals surface area contributed by atoms with Crippen molar-refractivity contribution in [3.05, 3.63) is 23.5 Å². The van der Waals surface area contributed by atoms with Gasteiger partial charge >= 0.3 is 0 Å². The van der Waals surface area contributed by atoms with Gasteiger partial charge in [-0.15, -0.1) is 0 Å². The lowest BCUT2D eigenvalue weighted by molar-refractivity contribution is 0.281. The van der Waals surface area contributed by atoms with E-state index in [1.54, 1.807) is 6.20 Å². The molecule has 0 aliphatic carbocycles. The van der Waals surface area contributed by atoms with Crippen molar-refractivity contribution in [2.45, 2.75) is 26.4 Å². The van der Waals surface area contributed by atoms with Crippen LogP contribution < -0.4 is 4.90 Å². The van der Waals surface area contributed by atoms with E-state index in [9.17, 15) is 5.11 Å². The van der Waals surface area contributed by atoms with Gasteiger partial charge < -0.3 is 10.0 Å². The first kappa shape index (κ1) is 9.46. The Hall–Kier alpha value is -1.09. The minimum absolute atomic E-state index is 0.0825. The number of hydrogen-bond donors (Lipinski definition) is 1. The zero-order chi connectivity index (χ0) is 9.97. The SMILES string of the molecule is Cc1cc(N2CCCC2)c(CO)cn1. The second-order valence-electron chi connectivity index (χ2n) is 3.81. The maximum Gasteiger partial charge on any atom is 0.0717 e. The van der Waals surface area contributed by atoms with Crippen molar-refractivity contribution in [2.24, 2.45) is 0 Å². The molecular weight excluding hydrogens is 176 g/mol. The molecule has 0 atom stereocenters. The fourth-order valence-electron chi connectivity index (χ4n) is 1.95. The summed E-state index contributed by atoms with van der Waals surface area (Å²) in [6.45, 7) is 4.28. The summed E-state index contributed by atoms with van der Waals surface area (Å²) in [5.74, 6) is 0. The minimum atomic E-state index is 0.0825. The second-order valence-corrected chi connectivity index (χ2v) is 3.81. The van der Waals surface area contributed by atoms with Crippen LogP contribution in [0.4, 0.5) is 5.69 Å². The van der Waals surface area contributed by atoms with Gasteiger partial charge in [-0.2, -0.15) is 0 Å². The lowest BCUT2D eigenvalue weighted by Crippen LogP contribution is -2.19. The quantitative estimate of drug-likeness (QED) is 0.771. The molecule has 1 aromatic rings. The Morgan fingerprint density at radius 1 is 1.43 bits per heavy atom. The molecule has 0 bridgehead atoms. The number of anilines is 1. The average Bonchev–Trinajstić information content (AvgIpc) is 2.70. The van der Waals surface area contributed by atoms with Crippen molar-refractivity contribution in [1.29, 1.82) is 0 Å². The number of pyridine rings is 1. The summed E-state index contributed by atoms with van der Waals surface area (Å²) in [6.07, 6.45) is 4.29. The summed E-state index contributed by atoms with van der Waals surface area (Å²) in [4.78, 5) is 6.53. The molecule has 1 aromatic heterocycles. The van der Waals surface area contributed by atoms with E-state index < -0.39 is 0 Å². The van der Waals surface area contributed by atoms with Gasteiger partial charge in [0, 0.05) is 36.2 Å². The zero-order valence-corrected chi connectivity index (χ0v) is 8.53. The summed E-state index contributed by atoms with van der Waals surface area (Å²) in [5.41, 5.74) is 3.12. The molecule has 3 heteroatoms. The van der Waals surface area contributed by atoms with Gasteiger partial charge in [0.05, 0.1) is 6.61 Å². The molecule has 1 aliphatic heterocycles. The van der Waals surface area contributed by atoms with Gasteiger partial charge in [-0.05, 0) is 25.8 Å². The van der Waals surface area contributed by atoms with E-state index in [4.69, 9.17) is 0 Å². The first-order valence-corrected chi connectivity index (χ1v) is 5.12. The van der Waals surface area contributed by atoms with E-state index >= 15 is 0 Å². The molecule has 76 valence electrons. The average molecular weight is 192 g/mol. The van der Waals surface area contributed by atoms with Crippen LogP contribution >= 0.6 is 0 Å². The van der Waals surface area contributed by atoms with Crippen molar-refractivity contribution in [3.63, 3.8) is 0 Å². The largest absolute Gasteiger partial charge is 0.392 e. The van der Waals surface area contributed by atoms with Crippen molar-refractivity contribution in [3.8, 4) is 0 Å². The smallest absolute Gasteiger partial charge is 0.0717 e. The number of nitrogens with zero attached hydrogens (tertiary/aromatic N) is 2. The van der Waals surface area contributed by atoms with Crippen LogP contribution in [0, 0.1) is 6.92 Å². The molecule has 0 radical (unpaired) electrons. The molecular formula is C11H16N2O. The fraction of sp³-hybridized carbons (Fsp3) is 0.545. The number of aliphatic hydroxyl groups excluding tert-OH is 1. The van der Waals surface area contributed by atoms with E-state index in [2.05, 4.69) is 16.0 Å². The van der Waals surface area contributed by atoms with Gasteiger partial charge in [-0.1, -0.05) is 0 Å². The maximum absolute atomic E-state index is 9.20. The molecule has 0 saturated carbocycles. The number of aryl methyl sites for hydroxylation is 1. The summed E-state index contributed by atoms with van der Waals surface area (Å²) in [7, 11) is 0. The molecule has 3 nitrogen and oxygen atoms in total. The van der Waals surface area contributed by atoms with Crippen LogP contribution in [-0.2, 0) is 6.61 Å². The Balaban J connectivity index is 2.33. The zero-order valence-electron chi connectivity index (χ0n) is 8.53. The van der Waals surface area contributed by atoms with Crippen LogP contribution in [0.25, 0.3) is 0 Å². The lowest BCUT2D eigenvalue weighted by atomic mass is 10.2. The van der Waals surface area contributed by atoms with Gasteiger partial charge in [0.2, 0.25) is 0 Å². The van der Waals surface area contributed by atoms with Crippen LogP contribution in [0.1, 0.15) is 24.1 Å². The van der Waals surface area contributed by atoms with Crippen molar-refractivity contribution >= 4 is 5.69 Å². The van der Waals surface area contributed by atoms with Crippen LogP contribution in [0.5, 0.6) is 0 Å². The van der Waals surface area contributed by atoms with E-state index in [0.717, 1.165) is 30.0 Å². The van der Waals surface area contributed by atoms with E-state index in [-0.39, 0.29) is 6.61 Å². The third-order valence-electron chi connectivity index (χ3n) is 2.72. The van der Waals surface area contributed by atoms with Crippen molar-refractivity contribution in [2.75, 3.05) is 18.0 Å². The molecule has 1 N–H and O–H groups in total. The van der Waals surface area contributed by atoms with Crippen molar-refractivity contribution in [1.82, 2.24) is 4.98 Å². The highest BCUT2D eigenvalue weighted by molar-refractivity contribution is 5.53. The molecule has 0 amide bonds. The first-order chi connectivity index (χ1) is 6.81. The second kappa shape index (κ2) is 3.96. The molecule has 2 heterocycles. The van der Waals surface area contributed by atoms with Gasteiger partial charge in [0.25, 0.3) is 0 Å². The highest BCUT2D eigenvalue weighted by atomic mass is 16.3. The van der Waals surface area contributed by atoms with E-state index in [1.807, 2.05) is 6.92 Å². The summed E-state index contributed by atoms with van der Waals surface area (Å²) < 4.78 is 0. The Morgan fingerprint density at radius 3 is 2.79 bits per heavy atom.